The maximum absolute atomic E-state index is 12.9. The molecule has 31 heavy (non-hydrogen) atoms. The average Bonchev–Trinajstić information content (AvgIpc) is 3.56. The Hall–Kier alpha value is -2.50. The maximum Gasteiger partial charge on any atom is 0.325 e. The minimum atomic E-state index is -3.72. The summed E-state index contributed by atoms with van der Waals surface area (Å²) in [6.45, 7) is 4.19. The number of rotatable bonds is 6. The number of amides is 4. The molecule has 3 aliphatic rings. The van der Waals surface area contributed by atoms with Crippen LogP contribution in [0.3, 0.4) is 0 Å². The number of carbonyl (C=O) groups is 3. The zero-order valence-electron chi connectivity index (χ0n) is 17.5. The first-order chi connectivity index (χ1) is 14.6. The SMILES string of the molecule is Cc1ccc(S(=O)(=O)N2CCOCC2)cc1NC(=O)CN1C(=O)NC(C)(C2CC2)C1=O. The highest BCUT2D eigenvalue weighted by Gasteiger charge is 2.56. The molecular formula is C20H26N4O6S. The maximum atomic E-state index is 12.9. The standard InChI is InChI=1S/C20H26N4O6S/c1-13-3-6-15(31(28,29)23-7-9-30-10-8-23)11-16(13)21-17(25)12-24-18(26)20(2,14-4-5-14)22-19(24)27/h3,6,11,14H,4-5,7-10,12H2,1-2H3,(H,21,25)(H,22,27). The van der Waals surface area contributed by atoms with E-state index >= 15 is 0 Å². The molecule has 4 rings (SSSR count). The first-order valence-corrected chi connectivity index (χ1v) is 11.7. The van der Waals surface area contributed by atoms with Crippen molar-refractivity contribution in [1.29, 1.82) is 0 Å². The number of anilines is 1. The highest BCUT2D eigenvalue weighted by Crippen LogP contribution is 2.42. The van der Waals surface area contributed by atoms with E-state index in [2.05, 4.69) is 10.6 Å². The molecule has 1 aromatic carbocycles. The lowest BCUT2D eigenvalue weighted by molar-refractivity contribution is -0.134. The molecule has 10 nitrogen and oxygen atoms in total. The highest BCUT2D eigenvalue weighted by atomic mass is 32.2. The van der Waals surface area contributed by atoms with Gasteiger partial charge in [0.15, 0.2) is 0 Å². The van der Waals surface area contributed by atoms with Gasteiger partial charge in [-0.3, -0.25) is 14.5 Å². The molecular weight excluding hydrogens is 424 g/mol. The third kappa shape index (κ3) is 4.04. The van der Waals surface area contributed by atoms with Crippen molar-refractivity contribution in [3.05, 3.63) is 23.8 Å². The van der Waals surface area contributed by atoms with E-state index < -0.39 is 40.0 Å². The molecule has 1 saturated carbocycles. The Morgan fingerprint density at radius 3 is 2.58 bits per heavy atom. The predicted octanol–water partition coefficient (Wildman–Crippen LogP) is 0.675. The Kier molecular flexibility index (Phi) is 5.52. The molecule has 1 atom stereocenters. The number of hydrogen-bond acceptors (Lipinski definition) is 6. The van der Waals surface area contributed by atoms with Gasteiger partial charge in [-0.15, -0.1) is 0 Å². The Bertz CT molecular complexity index is 1030. The molecule has 4 amide bonds. The van der Waals surface area contributed by atoms with Crippen molar-refractivity contribution >= 4 is 33.6 Å². The van der Waals surface area contributed by atoms with Crippen LogP contribution in [0.5, 0.6) is 0 Å². The second kappa shape index (κ2) is 7.88. The monoisotopic (exact) mass is 450 g/mol. The number of hydrogen-bond donors (Lipinski definition) is 2. The molecule has 3 fully saturated rings. The minimum absolute atomic E-state index is 0.0617. The summed E-state index contributed by atoms with van der Waals surface area (Å²) < 4.78 is 32.3. The lowest BCUT2D eigenvalue weighted by atomic mass is 9.96. The molecule has 0 bridgehead atoms. The molecule has 0 aromatic heterocycles. The number of nitrogens with one attached hydrogen (secondary N) is 2. The molecule has 0 spiro atoms. The van der Waals surface area contributed by atoms with E-state index in [1.54, 1.807) is 19.9 Å². The molecule has 1 aromatic rings. The van der Waals surface area contributed by atoms with Gasteiger partial charge in [-0.05, 0) is 50.3 Å². The third-order valence-corrected chi connectivity index (χ3v) is 7.98. The average molecular weight is 451 g/mol. The summed E-state index contributed by atoms with van der Waals surface area (Å²) in [7, 11) is -3.72. The fraction of sp³-hybridized carbons (Fsp3) is 0.550. The molecule has 168 valence electrons. The number of sulfonamides is 1. The van der Waals surface area contributed by atoms with Crippen molar-refractivity contribution in [2.45, 2.75) is 37.1 Å². The summed E-state index contributed by atoms with van der Waals surface area (Å²) in [6.07, 6.45) is 1.73. The van der Waals surface area contributed by atoms with Crippen LogP contribution in [0.2, 0.25) is 0 Å². The van der Waals surface area contributed by atoms with Gasteiger partial charge in [-0.1, -0.05) is 6.07 Å². The number of ether oxygens (including phenoxy) is 1. The van der Waals surface area contributed by atoms with Gasteiger partial charge >= 0.3 is 6.03 Å². The topological polar surface area (TPSA) is 125 Å². The van der Waals surface area contributed by atoms with Crippen molar-refractivity contribution in [3.63, 3.8) is 0 Å². The van der Waals surface area contributed by atoms with Crippen LogP contribution in [0, 0.1) is 12.8 Å². The van der Waals surface area contributed by atoms with Crippen molar-refractivity contribution in [2.75, 3.05) is 38.2 Å². The number of nitrogens with zero attached hydrogens (tertiary/aromatic N) is 2. The Morgan fingerprint density at radius 2 is 1.94 bits per heavy atom. The van der Waals surface area contributed by atoms with Gasteiger partial charge in [0.25, 0.3) is 5.91 Å². The van der Waals surface area contributed by atoms with Crippen molar-refractivity contribution in [3.8, 4) is 0 Å². The molecule has 1 aliphatic carbocycles. The normalized spacial score (nSPS) is 24.9. The first kappa shape index (κ1) is 21.7. The summed E-state index contributed by atoms with van der Waals surface area (Å²) >= 11 is 0. The quantitative estimate of drug-likeness (QED) is 0.614. The van der Waals surface area contributed by atoms with Crippen LogP contribution in [0.15, 0.2) is 23.1 Å². The van der Waals surface area contributed by atoms with E-state index in [9.17, 15) is 22.8 Å². The Morgan fingerprint density at radius 1 is 1.26 bits per heavy atom. The Labute approximate surface area is 181 Å². The lowest BCUT2D eigenvalue weighted by Crippen LogP contribution is -2.46. The second-order valence-electron chi connectivity index (χ2n) is 8.34. The molecule has 2 heterocycles. The number of carbonyl (C=O) groups excluding carboxylic acids is 3. The fourth-order valence-corrected chi connectivity index (χ4v) is 5.40. The molecule has 11 heteroatoms. The smallest absolute Gasteiger partial charge is 0.325 e. The molecule has 2 aliphatic heterocycles. The van der Waals surface area contributed by atoms with Crippen LogP contribution in [-0.2, 0) is 24.3 Å². The van der Waals surface area contributed by atoms with Gasteiger partial charge in [0.2, 0.25) is 15.9 Å². The second-order valence-corrected chi connectivity index (χ2v) is 10.3. The van der Waals surface area contributed by atoms with E-state index in [0.717, 1.165) is 17.7 Å². The molecule has 2 N–H and O–H groups in total. The number of imide groups is 1. The van der Waals surface area contributed by atoms with Gasteiger partial charge < -0.3 is 15.4 Å². The van der Waals surface area contributed by atoms with Crippen molar-refractivity contribution in [1.82, 2.24) is 14.5 Å². The van der Waals surface area contributed by atoms with E-state index in [0.29, 0.717) is 24.5 Å². The van der Waals surface area contributed by atoms with Gasteiger partial charge in [0, 0.05) is 18.8 Å². The molecule has 0 radical (unpaired) electrons. The van der Waals surface area contributed by atoms with E-state index in [1.165, 1.54) is 16.4 Å². The minimum Gasteiger partial charge on any atom is -0.379 e. The summed E-state index contributed by atoms with van der Waals surface area (Å²) in [5.74, 6) is -0.885. The highest BCUT2D eigenvalue weighted by molar-refractivity contribution is 7.89. The number of aryl methyl sites for hydroxylation is 1. The summed E-state index contributed by atoms with van der Waals surface area (Å²) in [4.78, 5) is 38.6. The van der Waals surface area contributed by atoms with Crippen LogP contribution >= 0.6 is 0 Å². The zero-order valence-corrected chi connectivity index (χ0v) is 18.3. The van der Waals surface area contributed by atoms with Gasteiger partial charge in [0.05, 0.1) is 18.1 Å². The van der Waals surface area contributed by atoms with Crippen LogP contribution in [0.1, 0.15) is 25.3 Å². The summed E-state index contributed by atoms with van der Waals surface area (Å²) in [5, 5.41) is 5.35. The van der Waals surface area contributed by atoms with Crippen LogP contribution < -0.4 is 10.6 Å². The number of morpholine rings is 1. The van der Waals surface area contributed by atoms with Crippen LogP contribution in [-0.4, -0.2) is 73.9 Å². The van der Waals surface area contributed by atoms with E-state index in [4.69, 9.17) is 4.74 Å². The van der Waals surface area contributed by atoms with E-state index in [1.807, 2.05) is 0 Å². The molecule has 2 saturated heterocycles. The van der Waals surface area contributed by atoms with Crippen molar-refractivity contribution < 1.29 is 27.5 Å². The number of urea groups is 1. The van der Waals surface area contributed by atoms with Gasteiger partial charge in [0.1, 0.15) is 12.1 Å². The largest absolute Gasteiger partial charge is 0.379 e. The Balaban J connectivity index is 1.48. The van der Waals surface area contributed by atoms with Gasteiger partial charge in [-0.2, -0.15) is 4.31 Å². The van der Waals surface area contributed by atoms with Crippen LogP contribution in [0.25, 0.3) is 0 Å². The summed E-state index contributed by atoms with van der Waals surface area (Å²) in [6, 6.07) is 3.92. The lowest BCUT2D eigenvalue weighted by Gasteiger charge is -2.26. The van der Waals surface area contributed by atoms with Crippen molar-refractivity contribution in [2.24, 2.45) is 5.92 Å². The zero-order chi connectivity index (χ0) is 22.4. The predicted molar refractivity (Wildman–Crippen MR) is 111 cm³/mol. The summed E-state index contributed by atoms with van der Waals surface area (Å²) in [5.41, 5.74) is 0.0185. The third-order valence-electron chi connectivity index (χ3n) is 6.09. The van der Waals surface area contributed by atoms with E-state index in [-0.39, 0.29) is 23.9 Å². The molecule has 1 unspecified atom stereocenters. The first-order valence-electron chi connectivity index (χ1n) is 10.3. The van der Waals surface area contributed by atoms with Crippen LogP contribution in [0.4, 0.5) is 10.5 Å². The van der Waals surface area contributed by atoms with Gasteiger partial charge in [-0.25, -0.2) is 13.2 Å². The fourth-order valence-electron chi connectivity index (χ4n) is 3.96. The number of benzene rings is 1.